The van der Waals surface area contributed by atoms with Crippen molar-refractivity contribution in [2.75, 3.05) is 26.7 Å². The van der Waals surface area contributed by atoms with Crippen molar-refractivity contribution in [2.45, 2.75) is 6.04 Å². The zero-order valence-electron chi connectivity index (χ0n) is 14.3. The third-order valence-corrected chi connectivity index (χ3v) is 5.66. The van der Waals surface area contributed by atoms with Gasteiger partial charge in [-0.3, -0.25) is 9.48 Å². The summed E-state index contributed by atoms with van der Waals surface area (Å²) in [6, 6.07) is 8.03. The van der Waals surface area contributed by atoms with Crippen molar-refractivity contribution in [3.63, 3.8) is 0 Å². The van der Waals surface area contributed by atoms with Crippen LogP contribution in [-0.2, 0) is 7.05 Å². The fraction of sp³-hybridized carbons (Fsp3) is 0.444. The SMILES string of the molecule is COc1ccc([C@H]2[C@H]3CNC[C@H]3CN2C(=O)c2c(Cl)cnn2C)cc1. The molecule has 2 aliphatic rings. The molecule has 1 N–H and O–H groups in total. The molecule has 2 aliphatic heterocycles. The first kappa shape index (κ1) is 16.4. The molecule has 0 radical (unpaired) electrons. The third-order valence-electron chi connectivity index (χ3n) is 5.38. The summed E-state index contributed by atoms with van der Waals surface area (Å²) in [6.45, 7) is 2.60. The summed E-state index contributed by atoms with van der Waals surface area (Å²) in [5.41, 5.74) is 1.58. The molecule has 1 aromatic carbocycles. The van der Waals surface area contributed by atoms with Gasteiger partial charge in [0.25, 0.3) is 5.91 Å². The summed E-state index contributed by atoms with van der Waals surface area (Å²) in [5.74, 6) is 1.63. The third kappa shape index (κ3) is 2.69. The van der Waals surface area contributed by atoms with Crippen molar-refractivity contribution in [2.24, 2.45) is 18.9 Å². The topological polar surface area (TPSA) is 59.4 Å². The van der Waals surface area contributed by atoms with Crippen LogP contribution in [0.25, 0.3) is 0 Å². The minimum Gasteiger partial charge on any atom is -0.497 e. The van der Waals surface area contributed by atoms with Gasteiger partial charge in [-0.25, -0.2) is 0 Å². The average molecular weight is 361 g/mol. The minimum absolute atomic E-state index is 0.0318. The number of methoxy groups -OCH3 is 1. The highest BCUT2D eigenvalue weighted by Crippen LogP contribution is 2.43. The van der Waals surface area contributed by atoms with Crippen LogP contribution in [0.5, 0.6) is 5.75 Å². The molecule has 1 aromatic heterocycles. The summed E-state index contributed by atoms with van der Waals surface area (Å²) in [7, 11) is 3.40. The van der Waals surface area contributed by atoms with Gasteiger partial charge in [0.15, 0.2) is 0 Å². The molecular formula is C18H21ClN4O2. The number of fused-ring (bicyclic) bond motifs is 1. The Morgan fingerprint density at radius 3 is 2.72 bits per heavy atom. The maximum Gasteiger partial charge on any atom is 0.274 e. The molecule has 2 saturated heterocycles. The second-order valence-electron chi connectivity index (χ2n) is 6.72. The lowest BCUT2D eigenvalue weighted by atomic mass is 9.89. The van der Waals surface area contributed by atoms with E-state index in [-0.39, 0.29) is 11.9 Å². The Bertz CT molecular complexity index is 769. The van der Waals surface area contributed by atoms with E-state index in [2.05, 4.69) is 22.5 Å². The lowest BCUT2D eigenvalue weighted by Gasteiger charge is -2.28. The van der Waals surface area contributed by atoms with Gasteiger partial charge >= 0.3 is 0 Å². The van der Waals surface area contributed by atoms with Crippen molar-refractivity contribution in [1.82, 2.24) is 20.0 Å². The lowest BCUT2D eigenvalue weighted by Crippen LogP contribution is -2.35. The van der Waals surface area contributed by atoms with Crippen LogP contribution in [0, 0.1) is 11.8 Å². The first-order chi connectivity index (χ1) is 12.1. The van der Waals surface area contributed by atoms with Gasteiger partial charge in [-0.1, -0.05) is 23.7 Å². The van der Waals surface area contributed by atoms with Crippen LogP contribution in [-0.4, -0.2) is 47.3 Å². The summed E-state index contributed by atoms with van der Waals surface area (Å²) in [6.07, 6.45) is 1.52. The molecule has 6 nitrogen and oxygen atoms in total. The molecule has 2 fully saturated rings. The number of hydrogen-bond acceptors (Lipinski definition) is 4. The Kier molecular flexibility index (Phi) is 4.17. The highest BCUT2D eigenvalue weighted by Gasteiger charge is 2.47. The van der Waals surface area contributed by atoms with E-state index < -0.39 is 0 Å². The van der Waals surface area contributed by atoms with E-state index in [9.17, 15) is 4.79 Å². The number of aryl methyl sites for hydroxylation is 1. The van der Waals surface area contributed by atoms with Gasteiger partial charge in [-0.05, 0) is 23.6 Å². The highest BCUT2D eigenvalue weighted by atomic mass is 35.5. The molecule has 0 saturated carbocycles. The number of nitrogens with zero attached hydrogens (tertiary/aromatic N) is 3. The number of benzene rings is 1. The number of carbonyl (C=O) groups excluding carboxylic acids is 1. The maximum atomic E-state index is 13.2. The molecule has 132 valence electrons. The zero-order chi connectivity index (χ0) is 17.6. The second-order valence-corrected chi connectivity index (χ2v) is 7.13. The molecule has 3 atom stereocenters. The largest absolute Gasteiger partial charge is 0.497 e. The van der Waals surface area contributed by atoms with E-state index >= 15 is 0 Å². The number of hydrogen-bond donors (Lipinski definition) is 1. The van der Waals surface area contributed by atoms with E-state index in [1.54, 1.807) is 18.8 Å². The number of carbonyl (C=O) groups is 1. The van der Waals surface area contributed by atoms with Crippen molar-refractivity contribution >= 4 is 17.5 Å². The number of rotatable bonds is 3. The maximum absolute atomic E-state index is 13.2. The summed E-state index contributed by atoms with van der Waals surface area (Å²) >= 11 is 6.21. The number of amides is 1. The number of halogens is 1. The van der Waals surface area contributed by atoms with Crippen LogP contribution in [0.4, 0.5) is 0 Å². The Morgan fingerprint density at radius 2 is 2.08 bits per heavy atom. The van der Waals surface area contributed by atoms with Crippen molar-refractivity contribution in [3.05, 3.63) is 46.7 Å². The molecule has 0 unspecified atom stereocenters. The Hall–Kier alpha value is -2.05. The summed E-state index contributed by atoms with van der Waals surface area (Å²) in [4.78, 5) is 15.2. The average Bonchev–Trinajstić information content (AvgIpc) is 3.29. The van der Waals surface area contributed by atoms with Gasteiger partial charge < -0.3 is 15.0 Å². The molecule has 0 spiro atoms. The van der Waals surface area contributed by atoms with E-state index in [1.807, 2.05) is 17.0 Å². The van der Waals surface area contributed by atoms with Crippen LogP contribution in [0.3, 0.4) is 0 Å². The first-order valence-electron chi connectivity index (χ1n) is 8.43. The van der Waals surface area contributed by atoms with Crippen molar-refractivity contribution in [1.29, 1.82) is 0 Å². The second kappa shape index (κ2) is 6.35. The quantitative estimate of drug-likeness (QED) is 0.910. The van der Waals surface area contributed by atoms with Gasteiger partial charge in [0.2, 0.25) is 0 Å². The van der Waals surface area contributed by atoms with E-state index in [4.69, 9.17) is 16.3 Å². The van der Waals surface area contributed by atoms with E-state index in [0.717, 1.165) is 30.9 Å². The van der Waals surface area contributed by atoms with E-state index in [1.165, 1.54) is 6.20 Å². The Balaban J connectivity index is 1.71. The molecule has 4 rings (SSSR count). The van der Waals surface area contributed by atoms with Crippen LogP contribution >= 0.6 is 11.6 Å². The molecular weight excluding hydrogens is 340 g/mol. The fourth-order valence-corrected chi connectivity index (χ4v) is 4.39. The van der Waals surface area contributed by atoms with Gasteiger partial charge in [0, 0.05) is 32.6 Å². The predicted octanol–water partition coefficient (Wildman–Crippen LogP) is 2.11. The molecule has 2 aromatic rings. The summed E-state index contributed by atoms with van der Waals surface area (Å²) in [5, 5.41) is 7.97. The Labute approximate surface area is 151 Å². The standard InChI is InChI=1S/C18H21ClN4O2/c1-22-17(15(19)9-21-22)18(24)23-10-12-7-20-8-14(12)16(23)11-3-5-13(25-2)6-4-11/h3-6,9,12,14,16,20H,7-8,10H2,1-2H3/t12-,14-,16-/m0/s1. The monoisotopic (exact) mass is 360 g/mol. The number of nitrogens with one attached hydrogen (secondary N) is 1. The smallest absolute Gasteiger partial charge is 0.274 e. The molecule has 3 heterocycles. The van der Waals surface area contributed by atoms with Gasteiger partial charge in [0.1, 0.15) is 11.4 Å². The van der Waals surface area contributed by atoms with E-state index in [0.29, 0.717) is 22.6 Å². The van der Waals surface area contributed by atoms with Crippen molar-refractivity contribution in [3.8, 4) is 5.75 Å². The van der Waals surface area contributed by atoms with Crippen LogP contribution in [0.15, 0.2) is 30.5 Å². The molecule has 7 heteroatoms. The fourth-order valence-electron chi connectivity index (χ4n) is 4.14. The van der Waals surface area contributed by atoms with Crippen LogP contribution in [0.2, 0.25) is 5.02 Å². The zero-order valence-corrected chi connectivity index (χ0v) is 15.0. The Morgan fingerprint density at radius 1 is 1.32 bits per heavy atom. The van der Waals surface area contributed by atoms with Gasteiger partial charge in [0.05, 0.1) is 24.4 Å². The van der Waals surface area contributed by atoms with Gasteiger partial charge in [-0.2, -0.15) is 5.10 Å². The highest BCUT2D eigenvalue weighted by molar-refractivity contribution is 6.33. The first-order valence-corrected chi connectivity index (χ1v) is 8.81. The van der Waals surface area contributed by atoms with Gasteiger partial charge in [-0.15, -0.1) is 0 Å². The molecule has 0 aliphatic carbocycles. The number of aromatic nitrogens is 2. The summed E-state index contributed by atoms with van der Waals surface area (Å²) < 4.78 is 6.82. The molecule has 25 heavy (non-hydrogen) atoms. The normalized spacial score (nSPS) is 25.2. The lowest BCUT2D eigenvalue weighted by molar-refractivity contribution is 0.0703. The predicted molar refractivity (Wildman–Crippen MR) is 94.8 cm³/mol. The van der Waals surface area contributed by atoms with Crippen molar-refractivity contribution < 1.29 is 9.53 Å². The van der Waals surface area contributed by atoms with Crippen LogP contribution < -0.4 is 10.1 Å². The molecule has 1 amide bonds. The molecule has 0 bridgehead atoms. The minimum atomic E-state index is -0.0554. The number of ether oxygens (including phenoxy) is 1. The van der Waals surface area contributed by atoms with Crippen LogP contribution in [0.1, 0.15) is 22.1 Å². The number of likely N-dealkylation sites (tertiary alicyclic amines) is 1.